The number of rotatable bonds is 8. The van der Waals surface area contributed by atoms with Gasteiger partial charge < -0.3 is 14.8 Å². The Hall–Kier alpha value is -1.73. The van der Waals surface area contributed by atoms with Gasteiger partial charge in [-0.1, -0.05) is 25.6 Å². The number of benzene rings is 1. The van der Waals surface area contributed by atoms with Gasteiger partial charge in [-0.05, 0) is 64.7 Å². The topological polar surface area (TPSA) is 60.5 Å². The van der Waals surface area contributed by atoms with Gasteiger partial charge in [-0.15, -0.1) is 0 Å². The molecular formula is C19H23BrN2O3S. The number of carbonyl (C=O) groups excluding carboxylic acids is 1. The number of hydrogen-bond acceptors (Lipinski definition) is 6. The summed E-state index contributed by atoms with van der Waals surface area (Å²) >= 11 is 4.98. The fourth-order valence-corrected chi connectivity index (χ4v) is 3.80. The number of ether oxygens (including phenoxy) is 2. The molecule has 0 amide bonds. The van der Waals surface area contributed by atoms with Crippen LogP contribution in [0.2, 0.25) is 0 Å². The molecule has 1 N–H and O–H groups in total. The lowest BCUT2D eigenvalue weighted by Gasteiger charge is -2.20. The van der Waals surface area contributed by atoms with Crippen LogP contribution in [0, 0.1) is 5.92 Å². The Balaban J connectivity index is 2.17. The molecule has 0 aliphatic heterocycles. The maximum atomic E-state index is 12.0. The SMILES string of the molecule is COC(=O)C(CC(C)C)Nc1cc(Br)nc(Sc2ccc(OC)cc2)c1. The average molecular weight is 439 g/mol. The highest BCUT2D eigenvalue weighted by Gasteiger charge is 2.20. The Morgan fingerprint density at radius 3 is 2.50 bits per heavy atom. The third-order valence-corrected chi connectivity index (χ3v) is 4.92. The zero-order valence-corrected chi connectivity index (χ0v) is 17.7. The van der Waals surface area contributed by atoms with Crippen molar-refractivity contribution >= 4 is 39.3 Å². The Morgan fingerprint density at radius 1 is 1.23 bits per heavy atom. The largest absolute Gasteiger partial charge is 0.497 e. The van der Waals surface area contributed by atoms with Gasteiger partial charge in [0.25, 0.3) is 0 Å². The first-order chi connectivity index (χ1) is 12.4. The molecule has 1 aromatic carbocycles. The summed E-state index contributed by atoms with van der Waals surface area (Å²) in [5.74, 6) is 0.912. The quantitative estimate of drug-likeness (QED) is 0.461. The first-order valence-electron chi connectivity index (χ1n) is 8.25. The summed E-state index contributed by atoms with van der Waals surface area (Å²) in [7, 11) is 3.05. The van der Waals surface area contributed by atoms with Gasteiger partial charge in [0, 0.05) is 10.6 Å². The molecule has 0 fully saturated rings. The number of pyridine rings is 1. The minimum Gasteiger partial charge on any atom is -0.497 e. The number of carbonyl (C=O) groups is 1. The van der Waals surface area contributed by atoms with E-state index in [1.165, 1.54) is 18.9 Å². The molecule has 5 nitrogen and oxygen atoms in total. The van der Waals surface area contributed by atoms with Crippen LogP contribution in [0.5, 0.6) is 5.75 Å². The van der Waals surface area contributed by atoms with Gasteiger partial charge >= 0.3 is 5.97 Å². The molecule has 0 bridgehead atoms. The van der Waals surface area contributed by atoms with Crippen LogP contribution in [0.25, 0.3) is 0 Å². The third kappa shape index (κ3) is 6.21. The van der Waals surface area contributed by atoms with E-state index in [1.54, 1.807) is 7.11 Å². The van der Waals surface area contributed by atoms with E-state index in [9.17, 15) is 4.79 Å². The summed E-state index contributed by atoms with van der Waals surface area (Å²) in [6, 6.07) is 11.2. The molecule has 1 aromatic heterocycles. The Morgan fingerprint density at radius 2 is 1.92 bits per heavy atom. The zero-order valence-electron chi connectivity index (χ0n) is 15.3. The van der Waals surface area contributed by atoms with Crippen LogP contribution in [0.4, 0.5) is 5.69 Å². The second-order valence-electron chi connectivity index (χ2n) is 6.14. The molecule has 0 aliphatic carbocycles. The number of nitrogens with one attached hydrogen (secondary N) is 1. The lowest BCUT2D eigenvalue weighted by atomic mass is 10.0. The van der Waals surface area contributed by atoms with Gasteiger partial charge in [-0.25, -0.2) is 9.78 Å². The molecule has 2 aromatic rings. The minimum absolute atomic E-state index is 0.268. The molecule has 1 unspecified atom stereocenters. The number of esters is 1. The standard InChI is InChI=1S/C19H23BrN2O3S/c1-12(2)9-16(19(23)25-4)21-13-10-17(20)22-18(11-13)26-15-7-5-14(24-3)6-8-15/h5-8,10-12,16H,9H2,1-4H3,(H,21,22). The lowest BCUT2D eigenvalue weighted by molar-refractivity contribution is -0.141. The van der Waals surface area contributed by atoms with E-state index in [4.69, 9.17) is 9.47 Å². The van der Waals surface area contributed by atoms with Crippen molar-refractivity contribution in [2.45, 2.75) is 36.2 Å². The second-order valence-corrected chi connectivity index (χ2v) is 8.05. The van der Waals surface area contributed by atoms with Crippen LogP contribution in [0.1, 0.15) is 20.3 Å². The Labute approximate surface area is 167 Å². The molecule has 26 heavy (non-hydrogen) atoms. The molecular weight excluding hydrogens is 416 g/mol. The number of aromatic nitrogens is 1. The van der Waals surface area contributed by atoms with E-state index < -0.39 is 6.04 Å². The Kier molecular flexibility index (Phi) is 7.78. The maximum absolute atomic E-state index is 12.0. The summed E-state index contributed by atoms with van der Waals surface area (Å²) in [6.07, 6.45) is 0.688. The molecule has 0 saturated heterocycles. The maximum Gasteiger partial charge on any atom is 0.328 e. The van der Waals surface area contributed by atoms with Crippen LogP contribution in [-0.2, 0) is 9.53 Å². The lowest BCUT2D eigenvalue weighted by Crippen LogP contribution is -2.32. The summed E-state index contributed by atoms with van der Waals surface area (Å²) < 4.78 is 10.8. The van der Waals surface area contributed by atoms with Gasteiger partial charge in [0.15, 0.2) is 0 Å². The fraction of sp³-hybridized carbons (Fsp3) is 0.368. The monoisotopic (exact) mass is 438 g/mol. The van der Waals surface area contributed by atoms with Crippen LogP contribution in [0.3, 0.4) is 0 Å². The molecule has 1 atom stereocenters. The average Bonchev–Trinajstić information content (AvgIpc) is 2.60. The van der Waals surface area contributed by atoms with Gasteiger partial charge in [0.2, 0.25) is 0 Å². The second kappa shape index (κ2) is 9.83. The predicted octanol–water partition coefficient (Wildman–Crippen LogP) is 5.00. The fourth-order valence-electron chi connectivity index (χ4n) is 2.40. The van der Waals surface area contributed by atoms with Crippen LogP contribution in [-0.4, -0.2) is 31.2 Å². The van der Waals surface area contributed by atoms with Gasteiger partial charge in [-0.3, -0.25) is 0 Å². The van der Waals surface area contributed by atoms with Crippen molar-refractivity contribution in [1.82, 2.24) is 4.98 Å². The summed E-state index contributed by atoms with van der Waals surface area (Å²) in [5.41, 5.74) is 0.818. The number of nitrogens with zero attached hydrogens (tertiary/aromatic N) is 1. The van der Waals surface area contributed by atoms with Crippen molar-refractivity contribution in [3.8, 4) is 5.75 Å². The highest BCUT2D eigenvalue weighted by molar-refractivity contribution is 9.10. The van der Waals surface area contributed by atoms with Crippen molar-refractivity contribution in [3.63, 3.8) is 0 Å². The number of anilines is 1. The molecule has 1 heterocycles. The van der Waals surface area contributed by atoms with Crippen molar-refractivity contribution in [2.24, 2.45) is 5.92 Å². The first-order valence-corrected chi connectivity index (χ1v) is 9.86. The predicted molar refractivity (Wildman–Crippen MR) is 108 cm³/mol. The molecule has 7 heteroatoms. The van der Waals surface area contributed by atoms with Gasteiger partial charge in [0.05, 0.1) is 14.2 Å². The number of hydrogen-bond donors (Lipinski definition) is 1. The van der Waals surface area contributed by atoms with Crippen molar-refractivity contribution in [1.29, 1.82) is 0 Å². The normalized spacial score (nSPS) is 11.9. The van der Waals surface area contributed by atoms with Crippen molar-refractivity contribution < 1.29 is 14.3 Å². The van der Waals surface area contributed by atoms with Crippen LogP contribution in [0.15, 0.2) is 50.9 Å². The number of halogens is 1. The molecule has 0 aliphatic rings. The van der Waals surface area contributed by atoms with Crippen molar-refractivity contribution in [2.75, 3.05) is 19.5 Å². The van der Waals surface area contributed by atoms with E-state index in [0.29, 0.717) is 16.9 Å². The zero-order chi connectivity index (χ0) is 19.1. The summed E-state index contributed by atoms with van der Waals surface area (Å²) in [5, 5.41) is 4.09. The minimum atomic E-state index is -0.395. The summed E-state index contributed by atoms with van der Waals surface area (Å²) in [4.78, 5) is 17.6. The van der Waals surface area contributed by atoms with E-state index in [1.807, 2.05) is 36.4 Å². The van der Waals surface area contributed by atoms with E-state index in [2.05, 4.69) is 40.1 Å². The van der Waals surface area contributed by atoms with Gasteiger partial charge in [0.1, 0.15) is 21.4 Å². The van der Waals surface area contributed by atoms with E-state index in [0.717, 1.165) is 21.4 Å². The van der Waals surface area contributed by atoms with E-state index >= 15 is 0 Å². The molecule has 140 valence electrons. The number of methoxy groups -OCH3 is 2. The van der Waals surface area contributed by atoms with Crippen LogP contribution < -0.4 is 10.1 Å². The Bertz CT molecular complexity index is 738. The highest BCUT2D eigenvalue weighted by Crippen LogP contribution is 2.31. The third-order valence-electron chi connectivity index (χ3n) is 3.59. The molecule has 2 rings (SSSR count). The van der Waals surface area contributed by atoms with Gasteiger partial charge in [-0.2, -0.15) is 0 Å². The highest BCUT2D eigenvalue weighted by atomic mass is 79.9. The smallest absolute Gasteiger partial charge is 0.328 e. The first kappa shape index (κ1) is 20.6. The van der Waals surface area contributed by atoms with Crippen LogP contribution >= 0.6 is 27.7 Å². The van der Waals surface area contributed by atoms with Crippen molar-refractivity contribution in [3.05, 3.63) is 41.0 Å². The van der Waals surface area contributed by atoms with E-state index in [-0.39, 0.29) is 5.97 Å². The molecule has 0 radical (unpaired) electrons. The molecule has 0 spiro atoms. The molecule has 0 saturated carbocycles. The summed E-state index contributed by atoms with van der Waals surface area (Å²) in [6.45, 7) is 4.15.